The van der Waals surface area contributed by atoms with Gasteiger partial charge in [-0.2, -0.15) is 10.2 Å². The van der Waals surface area contributed by atoms with Crippen LogP contribution in [-0.2, 0) is 14.3 Å². The van der Waals surface area contributed by atoms with Gasteiger partial charge < -0.3 is 9.47 Å². The van der Waals surface area contributed by atoms with Crippen molar-refractivity contribution in [1.29, 1.82) is 0 Å². The molecule has 0 aromatic heterocycles. The van der Waals surface area contributed by atoms with Gasteiger partial charge in [0.1, 0.15) is 13.6 Å². The highest BCUT2D eigenvalue weighted by Crippen LogP contribution is 2.02. The van der Waals surface area contributed by atoms with Crippen LogP contribution in [0.25, 0.3) is 0 Å². The van der Waals surface area contributed by atoms with E-state index < -0.39 is 12.0 Å². The third kappa shape index (κ3) is 4.41. The van der Waals surface area contributed by atoms with E-state index in [1.807, 2.05) is 0 Å². The molecule has 0 saturated heterocycles. The van der Waals surface area contributed by atoms with Gasteiger partial charge in [0.2, 0.25) is 0 Å². The maximum atomic E-state index is 11.7. The van der Waals surface area contributed by atoms with Crippen molar-refractivity contribution in [3.8, 4) is 0 Å². The van der Waals surface area contributed by atoms with E-state index in [9.17, 15) is 9.59 Å². The monoisotopic (exact) mass is 231 g/mol. The molecule has 1 atom stereocenters. The van der Waals surface area contributed by atoms with Crippen molar-refractivity contribution in [2.24, 2.45) is 0 Å². The van der Waals surface area contributed by atoms with Crippen LogP contribution in [0.15, 0.2) is 12.7 Å². The summed E-state index contributed by atoms with van der Waals surface area (Å²) in [7, 11) is 3.06. The van der Waals surface area contributed by atoms with Crippen molar-refractivity contribution in [3.63, 3.8) is 0 Å². The van der Waals surface area contributed by atoms with Crippen molar-refractivity contribution < 1.29 is 23.7 Å². The number of methoxy groups -OCH3 is 1. The number of hydrogen-bond acceptors (Lipinski definition) is 4. The molecule has 0 aromatic carbocycles. The standard InChI is InChI=1S/C10H18N2O4/c1-5-9(13)11-12(3,7-8-15-4)10(14)16-6-2/h5H,1,6-8H2,2-4H3/p+1. The van der Waals surface area contributed by atoms with Crippen LogP contribution < -0.4 is 5.43 Å². The van der Waals surface area contributed by atoms with E-state index in [-0.39, 0.29) is 17.7 Å². The van der Waals surface area contributed by atoms with Gasteiger partial charge in [0.05, 0.1) is 13.2 Å². The number of carbonyl (C=O) groups is 2. The summed E-state index contributed by atoms with van der Waals surface area (Å²) in [4.78, 5) is 22.9. The smallest absolute Gasteiger partial charge is 0.419 e. The van der Waals surface area contributed by atoms with Crippen LogP contribution in [0.3, 0.4) is 0 Å². The topological polar surface area (TPSA) is 64.6 Å². The molecule has 0 radical (unpaired) electrons. The summed E-state index contributed by atoms with van der Waals surface area (Å²) >= 11 is 0. The van der Waals surface area contributed by atoms with Gasteiger partial charge in [-0.15, -0.1) is 4.59 Å². The van der Waals surface area contributed by atoms with Gasteiger partial charge in [-0.3, -0.25) is 4.79 Å². The minimum atomic E-state index is -0.533. The Labute approximate surface area is 95.4 Å². The van der Waals surface area contributed by atoms with Crippen molar-refractivity contribution in [3.05, 3.63) is 12.7 Å². The number of likely N-dealkylation sites (N-methyl/N-ethyl adjacent to an activating group) is 1. The molecule has 0 aliphatic carbocycles. The molecule has 2 amide bonds. The second kappa shape index (κ2) is 6.97. The van der Waals surface area contributed by atoms with Crippen LogP contribution in [0.2, 0.25) is 0 Å². The quantitative estimate of drug-likeness (QED) is 0.424. The van der Waals surface area contributed by atoms with Crippen LogP contribution in [-0.4, -0.2) is 50.5 Å². The average molecular weight is 231 g/mol. The summed E-state index contributed by atoms with van der Waals surface area (Å²) in [6.07, 6.45) is 0.567. The zero-order chi connectivity index (χ0) is 12.6. The largest absolute Gasteiger partial charge is 0.541 e. The summed E-state index contributed by atoms with van der Waals surface area (Å²) < 4.78 is 9.39. The highest BCUT2D eigenvalue weighted by atomic mass is 16.6. The van der Waals surface area contributed by atoms with E-state index in [1.54, 1.807) is 14.0 Å². The third-order valence-corrected chi connectivity index (χ3v) is 1.96. The lowest BCUT2D eigenvalue weighted by molar-refractivity contribution is -0.873. The molecule has 0 rings (SSSR count). The molecule has 0 aromatic rings. The minimum Gasteiger partial charge on any atom is -0.419 e. The van der Waals surface area contributed by atoms with E-state index in [2.05, 4.69) is 12.0 Å². The van der Waals surface area contributed by atoms with Crippen molar-refractivity contribution in [2.75, 3.05) is 33.9 Å². The second-order valence-corrected chi connectivity index (χ2v) is 3.29. The Balaban J connectivity index is 4.64. The summed E-state index contributed by atoms with van der Waals surface area (Å²) in [6.45, 7) is 5.89. The number of nitrogens with zero attached hydrogens (tertiary/aromatic N) is 1. The van der Waals surface area contributed by atoms with Gasteiger partial charge in [-0.25, -0.2) is 0 Å². The van der Waals surface area contributed by atoms with Crippen LogP contribution >= 0.6 is 0 Å². The number of nitrogens with one attached hydrogen (secondary N) is 1. The predicted molar refractivity (Wildman–Crippen MR) is 58.3 cm³/mol. The van der Waals surface area contributed by atoms with E-state index >= 15 is 0 Å². The number of amides is 2. The minimum absolute atomic E-state index is 0.254. The van der Waals surface area contributed by atoms with E-state index in [4.69, 9.17) is 9.47 Å². The average Bonchev–Trinajstić information content (AvgIpc) is 2.26. The first-order valence-electron chi connectivity index (χ1n) is 4.96. The molecule has 1 unspecified atom stereocenters. The fraction of sp³-hybridized carbons (Fsp3) is 0.600. The Hall–Kier alpha value is -1.40. The molecule has 1 N–H and O–H groups in total. The van der Waals surface area contributed by atoms with Crippen LogP contribution in [0.1, 0.15) is 6.92 Å². The molecule has 6 nitrogen and oxygen atoms in total. The van der Waals surface area contributed by atoms with Crippen LogP contribution in [0.4, 0.5) is 4.79 Å². The lowest BCUT2D eigenvalue weighted by atomic mass is 10.5. The second-order valence-electron chi connectivity index (χ2n) is 3.29. The SMILES string of the molecule is C=CC(=O)N[N+](C)(CCOC)C(=O)OCC. The predicted octanol–water partition coefficient (Wildman–Crippen LogP) is 0.453. The van der Waals surface area contributed by atoms with Crippen molar-refractivity contribution in [2.45, 2.75) is 6.92 Å². The zero-order valence-electron chi connectivity index (χ0n) is 9.99. The molecular weight excluding hydrogens is 212 g/mol. The summed E-state index contributed by atoms with van der Waals surface area (Å²) in [5.74, 6) is -0.438. The van der Waals surface area contributed by atoms with E-state index in [0.29, 0.717) is 6.61 Å². The summed E-state index contributed by atoms with van der Waals surface area (Å²) in [5, 5.41) is 0. The lowest BCUT2D eigenvalue weighted by Gasteiger charge is -2.28. The first-order valence-corrected chi connectivity index (χ1v) is 4.96. The van der Waals surface area contributed by atoms with Gasteiger partial charge in [-0.05, 0) is 6.92 Å². The molecule has 0 bridgehead atoms. The lowest BCUT2D eigenvalue weighted by Crippen LogP contribution is -2.62. The molecule has 0 aliphatic heterocycles. The number of carbonyl (C=O) groups excluding carboxylic acids is 2. The van der Waals surface area contributed by atoms with Crippen molar-refractivity contribution >= 4 is 12.0 Å². The van der Waals surface area contributed by atoms with Gasteiger partial charge in [-0.1, -0.05) is 6.58 Å². The maximum Gasteiger partial charge on any atom is 0.541 e. The Bertz CT molecular complexity index is 268. The van der Waals surface area contributed by atoms with Crippen LogP contribution in [0, 0.1) is 0 Å². The summed E-state index contributed by atoms with van der Waals surface area (Å²) in [5.41, 5.74) is 2.49. The molecule has 16 heavy (non-hydrogen) atoms. The molecule has 0 heterocycles. The summed E-state index contributed by atoms with van der Waals surface area (Å²) in [6, 6.07) is 0. The fourth-order valence-corrected chi connectivity index (χ4v) is 1.02. The first kappa shape index (κ1) is 14.6. The molecule has 0 fully saturated rings. The Morgan fingerprint density at radius 1 is 1.50 bits per heavy atom. The van der Waals surface area contributed by atoms with Crippen LogP contribution in [0.5, 0.6) is 0 Å². The zero-order valence-corrected chi connectivity index (χ0v) is 9.99. The normalized spacial score (nSPS) is 13.7. The molecule has 0 aliphatic rings. The fourth-order valence-electron chi connectivity index (χ4n) is 1.02. The van der Waals surface area contributed by atoms with Gasteiger partial charge in [0, 0.05) is 13.2 Å². The maximum absolute atomic E-state index is 11.7. The molecule has 92 valence electrons. The number of hydrogen-bond donors (Lipinski definition) is 1. The van der Waals surface area contributed by atoms with Gasteiger partial charge in [0.25, 0.3) is 5.91 Å². The van der Waals surface area contributed by atoms with E-state index in [1.165, 1.54) is 7.11 Å². The van der Waals surface area contributed by atoms with Gasteiger partial charge >= 0.3 is 6.09 Å². The molecule has 0 saturated carbocycles. The Morgan fingerprint density at radius 2 is 2.12 bits per heavy atom. The number of ether oxygens (including phenoxy) is 2. The van der Waals surface area contributed by atoms with Gasteiger partial charge in [0.15, 0.2) is 0 Å². The molecule has 6 heteroatoms. The number of quaternary nitrogens is 1. The van der Waals surface area contributed by atoms with Crippen molar-refractivity contribution in [1.82, 2.24) is 5.43 Å². The molecule has 0 spiro atoms. The third-order valence-electron chi connectivity index (χ3n) is 1.96. The number of rotatable bonds is 5. The Kier molecular flexibility index (Phi) is 6.36. The highest BCUT2D eigenvalue weighted by molar-refractivity contribution is 5.86. The molecular formula is C10H19N2O4+. The highest BCUT2D eigenvalue weighted by Gasteiger charge is 2.35. The first-order chi connectivity index (χ1) is 7.50. The Morgan fingerprint density at radius 3 is 2.56 bits per heavy atom. The van der Waals surface area contributed by atoms with E-state index in [0.717, 1.165) is 6.08 Å².